The summed E-state index contributed by atoms with van der Waals surface area (Å²) >= 11 is 1.56. The number of allylic oxidation sites excluding steroid dienone is 1. The van der Waals surface area contributed by atoms with E-state index in [0.717, 1.165) is 4.88 Å². The second-order valence-corrected chi connectivity index (χ2v) is 7.29. The van der Waals surface area contributed by atoms with Gasteiger partial charge in [-0.15, -0.1) is 11.3 Å². The van der Waals surface area contributed by atoms with Gasteiger partial charge in [0.25, 0.3) is 0 Å². The van der Waals surface area contributed by atoms with E-state index in [-0.39, 0.29) is 11.5 Å². The number of carbonyl (C=O) groups excluding carboxylic acids is 1. The molecule has 6 heteroatoms. The molecule has 110 valence electrons. The van der Waals surface area contributed by atoms with E-state index in [1.165, 1.54) is 6.08 Å². The van der Waals surface area contributed by atoms with Crippen LogP contribution in [0.4, 0.5) is 5.69 Å². The van der Waals surface area contributed by atoms with Gasteiger partial charge in [-0.2, -0.15) is 0 Å². The van der Waals surface area contributed by atoms with Gasteiger partial charge in [-0.05, 0) is 54.8 Å². The molecule has 0 saturated carbocycles. The molecule has 1 aromatic carbocycles. The summed E-state index contributed by atoms with van der Waals surface area (Å²) in [5, 5.41) is 1.94. The zero-order valence-electron chi connectivity index (χ0n) is 11.4. The molecule has 1 aromatic heterocycles. The highest BCUT2D eigenvalue weighted by atomic mass is 32.2. The molecule has 0 aliphatic carbocycles. The van der Waals surface area contributed by atoms with Crippen LogP contribution in [0.2, 0.25) is 0 Å². The number of nitrogens with one attached hydrogen (secondary N) is 1. The summed E-state index contributed by atoms with van der Waals surface area (Å²) in [7, 11) is -3.29. The maximum absolute atomic E-state index is 12.0. The van der Waals surface area contributed by atoms with Gasteiger partial charge in [0.05, 0.1) is 5.75 Å². The second kappa shape index (κ2) is 6.69. The first-order valence-corrected chi connectivity index (χ1v) is 8.90. The summed E-state index contributed by atoms with van der Waals surface area (Å²) in [5.74, 6) is -0.106. The first-order chi connectivity index (χ1) is 10.00. The molecule has 0 aliphatic heterocycles. The predicted octanol–water partition coefficient (Wildman–Crippen LogP) is 3.41. The van der Waals surface area contributed by atoms with Crippen LogP contribution in [0.25, 0.3) is 6.08 Å². The zero-order valence-corrected chi connectivity index (χ0v) is 13.1. The van der Waals surface area contributed by atoms with Crippen molar-refractivity contribution in [2.45, 2.75) is 6.92 Å². The van der Waals surface area contributed by atoms with Crippen molar-refractivity contribution in [3.8, 4) is 0 Å². The predicted molar refractivity (Wildman–Crippen MR) is 87.2 cm³/mol. The van der Waals surface area contributed by atoms with Crippen LogP contribution in [0.1, 0.15) is 22.2 Å². The fourth-order valence-electron chi connectivity index (χ4n) is 1.59. The molecule has 0 bridgehead atoms. The third kappa shape index (κ3) is 4.54. The van der Waals surface area contributed by atoms with Gasteiger partial charge in [0.1, 0.15) is 0 Å². The van der Waals surface area contributed by atoms with Gasteiger partial charge in [-0.3, -0.25) is 9.52 Å². The zero-order chi connectivity index (χ0) is 15.3. The van der Waals surface area contributed by atoms with Crippen LogP contribution < -0.4 is 4.72 Å². The lowest BCUT2D eigenvalue weighted by Crippen LogP contribution is -2.14. The van der Waals surface area contributed by atoms with Gasteiger partial charge in [0, 0.05) is 16.1 Å². The first kappa shape index (κ1) is 15.5. The fourth-order valence-corrected chi connectivity index (χ4v) is 2.85. The number of sulfonamides is 1. The van der Waals surface area contributed by atoms with E-state index >= 15 is 0 Å². The van der Waals surface area contributed by atoms with Crippen LogP contribution in [0.5, 0.6) is 0 Å². The molecular weight excluding hydrogens is 306 g/mol. The quantitative estimate of drug-likeness (QED) is 0.655. The molecule has 2 aromatic rings. The molecular formula is C15H15NO3S2. The molecule has 0 spiro atoms. The summed E-state index contributed by atoms with van der Waals surface area (Å²) in [4.78, 5) is 13.0. The largest absolute Gasteiger partial charge is 0.289 e. The van der Waals surface area contributed by atoms with Crippen molar-refractivity contribution in [3.05, 3.63) is 58.3 Å². The Morgan fingerprint density at radius 3 is 2.52 bits per heavy atom. The number of anilines is 1. The van der Waals surface area contributed by atoms with Crippen LogP contribution >= 0.6 is 11.3 Å². The lowest BCUT2D eigenvalue weighted by Gasteiger charge is -2.05. The molecule has 1 N–H and O–H groups in total. The highest BCUT2D eigenvalue weighted by molar-refractivity contribution is 7.92. The number of benzene rings is 1. The van der Waals surface area contributed by atoms with Crippen molar-refractivity contribution >= 4 is 38.9 Å². The molecule has 2 rings (SSSR count). The molecule has 0 amide bonds. The Kier molecular flexibility index (Phi) is 4.93. The van der Waals surface area contributed by atoms with E-state index < -0.39 is 10.0 Å². The number of ketones is 1. The first-order valence-electron chi connectivity index (χ1n) is 6.36. The maximum atomic E-state index is 12.0. The maximum Gasteiger partial charge on any atom is 0.232 e. The van der Waals surface area contributed by atoms with Crippen LogP contribution in [0, 0.1) is 0 Å². The van der Waals surface area contributed by atoms with Gasteiger partial charge in [0.15, 0.2) is 5.78 Å². The third-order valence-corrected chi connectivity index (χ3v) is 4.91. The van der Waals surface area contributed by atoms with Gasteiger partial charge < -0.3 is 0 Å². The summed E-state index contributed by atoms with van der Waals surface area (Å²) in [6.07, 6.45) is 3.28. The van der Waals surface area contributed by atoms with E-state index in [0.29, 0.717) is 11.3 Å². The van der Waals surface area contributed by atoms with Crippen molar-refractivity contribution in [2.75, 3.05) is 10.5 Å². The highest BCUT2D eigenvalue weighted by Crippen LogP contribution is 2.14. The molecule has 1 heterocycles. The Balaban J connectivity index is 2.06. The van der Waals surface area contributed by atoms with E-state index in [2.05, 4.69) is 4.72 Å². The number of hydrogen-bond donors (Lipinski definition) is 1. The van der Waals surface area contributed by atoms with Gasteiger partial charge in [0.2, 0.25) is 10.0 Å². The Bertz CT molecular complexity index is 730. The standard InChI is InChI=1S/C15H15NO3S2/c1-2-21(18,19)16-13-7-5-12(6-8-13)15(17)10-9-14-4-3-11-20-14/h3-11,16H,2H2,1H3. The summed E-state index contributed by atoms with van der Waals surface area (Å²) in [6.45, 7) is 1.57. The van der Waals surface area contributed by atoms with E-state index in [1.54, 1.807) is 48.6 Å². The number of thiophene rings is 1. The molecule has 0 aliphatic rings. The Hall–Kier alpha value is -1.92. The minimum atomic E-state index is -3.29. The molecule has 0 radical (unpaired) electrons. The van der Waals surface area contributed by atoms with Crippen LogP contribution in [-0.4, -0.2) is 20.0 Å². The normalized spacial score (nSPS) is 11.7. The molecule has 4 nitrogen and oxygen atoms in total. The Morgan fingerprint density at radius 2 is 1.95 bits per heavy atom. The SMILES string of the molecule is CCS(=O)(=O)Nc1ccc(C(=O)C=Cc2cccs2)cc1. The minimum Gasteiger partial charge on any atom is -0.289 e. The Labute approximate surface area is 128 Å². The average molecular weight is 321 g/mol. The van der Waals surface area contributed by atoms with Gasteiger partial charge in [-0.25, -0.2) is 8.42 Å². The molecule has 0 atom stereocenters. The number of hydrogen-bond acceptors (Lipinski definition) is 4. The Morgan fingerprint density at radius 1 is 1.24 bits per heavy atom. The van der Waals surface area contributed by atoms with Gasteiger partial charge >= 0.3 is 0 Å². The van der Waals surface area contributed by atoms with Crippen molar-refractivity contribution in [2.24, 2.45) is 0 Å². The number of rotatable bonds is 6. The highest BCUT2D eigenvalue weighted by Gasteiger charge is 2.07. The monoisotopic (exact) mass is 321 g/mol. The lowest BCUT2D eigenvalue weighted by molar-refractivity contribution is 0.104. The second-order valence-electron chi connectivity index (χ2n) is 4.30. The van der Waals surface area contributed by atoms with Crippen molar-refractivity contribution in [1.29, 1.82) is 0 Å². The number of carbonyl (C=O) groups is 1. The fraction of sp³-hybridized carbons (Fsp3) is 0.133. The van der Waals surface area contributed by atoms with Crippen molar-refractivity contribution in [3.63, 3.8) is 0 Å². The van der Waals surface area contributed by atoms with Crippen LogP contribution in [0.15, 0.2) is 47.9 Å². The van der Waals surface area contributed by atoms with Gasteiger partial charge in [-0.1, -0.05) is 6.07 Å². The summed E-state index contributed by atoms with van der Waals surface area (Å²) in [6, 6.07) is 10.2. The average Bonchev–Trinajstić information content (AvgIpc) is 2.98. The topological polar surface area (TPSA) is 63.2 Å². The summed E-state index contributed by atoms with van der Waals surface area (Å²) in [5.41, 5.74) is 0.970. The van der Waals surface area contributed by atoms with E-state index in [1.807, 2.05) is 17.5 Å². The third-order valence-electron chi connectivity index (χ3n) is 2.76. The van der Waals surface area contributed by atoms with E-state index in [4.69, 9.17) is 0 Å². The van der Waals surface area contributed by atoms with Crippen LogP contribution in [0.3, 0.4) is 0 Å². The van der Waals surface area contributed by atoms with E-state index in [9.17, 15) is 13.2 Å². The minimum absolute atomic E-state index is 0.0111. The van der Waals surface area contributed by atoms with Crippen molar-refractivity contribution in [1.82, 2.24) is 0 Å². The molecule has 0 unspecified atom stereocenters. The van der Waals surface area contributed by atoms with Crippen LogP contribution in [-0.2, 0) is 10.0 Å². The molecule has 0 fully saturated rings. The lowest BCUT2D eigenvalue weighted by atomic mass is 10.1. The summed E-state index contributed by atoms with van der Waals surface area (Å²) < 4.78 is 25.3. The molecule has 21 heavy (non-hydrogen) atoms. The smallest absolute Gasteiger partial charge is 0.232 e. The molecule has 0 saturated heterocycles. The van der Waals surface area contributed by atoms with Crippen molar-refractivity contribution < 1.29 is 13.2 Å².